The Morgan fingerprint density at radius 3 is 2.43 bits per heavy atom. The molecule has 1 aromatic rings. The van der Waals surface area contributed by atoms with Gasteiger partial charge in [-0.1, -0.05) is 11.6 Å². The molecular weight excluding hydrogens is 202 g/mol. The van der Waals surface area contributed by atoms with Crippen LogP contribution >= 0.6 is 11.6 Å². The first-order valence-corrected chi connectivity index (χ1v) is 4.60. The summed E-state index contributed by atoms with van der Waals surface area (Å²) in [7, 11) is 1.48. The van der Waals surface area contributed by atoms with Crippen LogP contribution in [0.25, 0.3) is 0 Å². The zero-order valence-electron chi connectivity index (χ0n) is 8.47. The van der Waals surface area contributed by atoms with Gasteiger partial charge < -0.3 is 15.6 Å². The second kappa shape index (κ2) is 3.67. The van der Waals surface area contributed by atoms with Gasteiger partial charge in [-0.25, -0.2) is 0 Å². The van der Waals surface area contributed by atoms with Crippen LogP contribution in [0.3, 0.4) is 0 Å². The zero-order chi connectivity index (χ0) is 10.9. The Labute approximate surface area is 88.4 Å². The topological polar surface area (TPSA) is 55.5 Å². The standard InChI is InChI=1S/C10H14ClNO2/c1-10(2,12)8-6(11)4-5-7(14-3)9(8)13/h4-5,13H,12H2,1-3H3. The molecule has 14 heavy (non-hydrogen) atoms. The summed E-state index contributed by atoms with van der Waals surface area (Å²) in [5.74, 6) is 0.385. The van der Waals surface area contributed by atoms with Crippen molar-refractivity contribution >= 4 is 11.6 Å². The summed E-state index contributed by atoms with van der Waals surface area (Å²) in [6.07, 6.45) is 0. The van der Waals surface area contributed by atoms with Crippen LogP contribution in [0.4, 0.5) is 0 Å². The van der Waals surface area contributed by atoms with Crippen molar-refractivity contribution in [3.63, 3.8) is 0 Å². The lowest BCUT2D eigenvalue weighted by Crippen LogP contribution is -2.29. The average Bonchev–Trinajstić information content (AvgIpc) is 2.02. The number of benzene rings is 1. The predicted octanol–water partition coefficient (Wildman–Crippen LogP) is 2.25. The summed E-state index contributed by atoms with van der Waals surface area (Å²) in [6.45, 7) is 3.54. The van der Waals surface area contributed by atoms with E-state index in [1.807, 2.05) is 0 Å². The van der Waals surface area contributed by atoms with Gasteiger partial charge in [0, 0.05) is 16.1 Å². The molecule has 0 spiro atoms. The lowest BCUT2D eigenvalue weighted by molar-refractivity contribution is 0.363. The Balaban J connectivity index is 3.40. The Morgan fingerprint density at radius 2 is 2.00 bits per heavy atom. The largest absolute Gasteiger partial charge is 0.504 e. The van der Waals surface area contributed by atoms with Gasteiger partial charge in [0.15, 0.2) is 11.5 Å². The summed E-state index contributed by atoms with van der Waals surface area (Å²) >= 11 is 5.95. The van der Waals surface area contributed by atoms with E-state index in [0.29, 0.717) is 16.3 Å². The molecule has 0 unspecified atom stereocenters. The van der Waals surface area contributed by atoms with Crippen molar-refractivity contribution in [3.8, 4) is 11.5 Å². The minimum atomic E-state index is -0.699. The predicted molar refractivity (Wildman–Crippen MR) is 56.9 cm³/mol. The fourth-order valence-corrected chi connectivity index (χ4v) is 1.72. The molecule has 1 aromatic carbocycles. The Bertz CT molecular complexity index is 345. The second-order valence-corrected chi connectivity index (χ2v) is 4.10. The number of halogens is 1. The van der Waals surface area contributed by atoms with E-state index in [0.717, 1.165) is 0 Å². The quantitative estimate of drug-likeness (QED) is 0.796. The Kier molecular flexibility index (Phi) is 2.92. The molecule has 0 aliphatic rings. The Hall–Kier alpha value is -0.930. The molecule has 0 heterocycles. The summed E-state index contributed by atoms with van der Waals surface area (Å²) in [6, 6.07) is 3.26. The normalized spacial score (nSPS) is 11.5. The number of rotatable bonds is 2. The number of nitrogens with two attached hydrogens (primary N) is 1. The van der Waals surface area contributed by atoms with Gasteiger partial charge in [0.25, 0.3) is 0 Å². The van der Waals surface area contributed by atoms with Gasteiger partial charge in [-0.15, -0.1) is 0 Å². The molecule has 78 valence electrons. The van der Waals surface area contributed by atoms with Crippen LogP contribution in [0.2, 0.25) is 5.02 Å². The fraction of sp³-hybridized carbons (Fsp3) is 0.400. The maximum Gasteiger partial charge on any atom is 0.164 e. The number of methoxy groups -OCH3 is 1. The van der Waals surface area contributed by atoms with Crippen molar-refractivity contribution in [2.45, 2.75) is 19.4 Å². The van der Waals surface area contributed by atoms with Gasteiger partial charge in [0.2, 0.25) is 0 Å². The number of aromatic hydroxyl groups is 1. The third-order valence-electron chi connectivity index (χ3n) is 1.95. The van der Waals surface area contributed by atoms with Crippen LogP contribution in [0.1, 0.15) is 19.4 Å². The number of hydrogen-bond acceptors (Lipinski definition) is 3. The van der Waals surface area contributed by atoms with E-state index in [-0.39, 0.29) is 5.75 Å². The maximum absolute atomic E-state index is 9.82. The molecular formula is C10H14ClNO2. The maximum atomic E-state index is 9.82. The van der Waals surface area contributed by atoms with E-state index in [1.54, 1.807) is 26.0 Å². The molecule has 3 nitrogen and oxygen atoms in total. The fourth-order valence-electron chi connectivity index (χ4n) is 1.33. The van der Waals surface area contributed by atoms with E-state index < -0.39 is 5.54 Å². The molecule has 0 aliphatic carbocycles. The highest BCUT2D eigenvalue weighted by Crippen LogP contribution is 2.39. The van der Waals surface area contributed by atoms with Crippen LogP contribution < -0.4 is 10.5 Å². The first kappa shape index (κ1) is 11.1. The van der Waals surface area contributed by atoms with Crippen molar-refractivity contribution in [1.82, 2.24) is 0 Å². The van der Waals surface area contributed by atoms with Crippen molar-refractivity contribution in [2.75, 3.05) is 7.11 Å². The first-order chi connectivity index (χ1) is 6.38. The molecule has 0 radical (unpaired) electrons. The summed E-state index contributed by atoms with van der Waals surface area (Å²) in [4.78, 5) is 0. The van der Waals surface area contributed by atoms with Crippen LogP contribution in [0.15, 0.2) is 12.1 Å². The molecule has 0 fully saturated rings. The van der Waals surface area contributed by atoms with Crippen LogP contribution in [-0.2, 0) is 5.54 Å². The van der Waals surface area contributed by atoms with E-state index in [4.69, 9.17) is 22.1 Å². The number of ether oxygens (including phenoxy) is 1. The van der Waals surface area contributed by atoms with E-state index >= 15 is 0 Å². The smallest absolute Gasteiger partial charge is 0.164 e. The highest BCUT2D eigenvalue weighted by molar-refractivity contribution is 6.31. The summed E-state index contributed by atoms with van der Waals surface area (Å²) < 4.78 is 4.97. The molecule has 1 rings (SSSR count). The van der Waals surface area contributed by atoms with E-state index in [1.165, 1.54) is 7.11 Å². The molecule has 0 aliphatic heterocycles. The third-order valence-corrected chi connectivity index (χ3v) is 2.27. The third kappa shape index (κ3) is 1.94. The molecule has 3 N–H and O–H groups in total. The highest BCUT2D eigenvalue weighted by atomic mass is 35.5. The molecule has 0 aromatic heterocycles. The zero-order valence-corrected chi connectivity index (χ0v) is 9.22. The number of hydrogen-bond donors (Lipinski definition) is 2. The first-order valence-electron chi connectivity index (χ1n) is 4.22. The molecule has 0 bridgehead atoms. The van der Waals surface area contributed by atoms with Crippen molar-refractivity contribution in [1.29, 1.82) is 0 Å². The molecule has 0 saturated carbocycles. The SMILES string of the molecule is COc1ccc(Cl)c(C(C)(C)N)c1O. The van der Waals surface area contributed by atoms with Crippen molar-refractivity contribution in [3.05, 3.63) is 22.7 Å². The van der Waals surface area contributed by atoms with Gasteiger partial charge >= 0.3 is 0 Å². The second-order valence-electron chi connectivity index (χ2n) is 3.69. The van der Waals surface area contributed by atoms with Gasteiger partial charge in [-0.2, -0.15) is 0 Å². The number of phenols is 1. The van der Waals surface area contributed by atoms with Crippen LogP contribution in [0.5, 0.6) is 11.5 Å². The average molecular weight is 216 g/mol. The van der Waals surface area contributed by atoms with Crippen molar-refractivity contribution in [2.24, 2.45) is 5.73 Å². The lowest BCUT2D eigenvalue weighted by Gasteiger charge is -2.22. The molecule has 0 saturated heterocycles. The Morgan fingerprint density at radius 1 is 1.43 bits per heavy atom. The molecule has 0 atom stereocenters. The minimum absolute atomic E-state index is 0.00694. The van der Waals surface area contributed by atoms with Crippen LogP contribution in [0, 0.1) is 0 Å². The van der Waals surface area contributed by atoms with E-state index in [2.05, 4.69) is 0 Å². The van der Waals surface area contributed by atoms with Gasteiger partial charge in [-0.05, 0) is 26.0 Å². The molecule has 4 heteroatoms. The van der Waals surface area contributed by atoms with Gasteiger partial charge in [-0.3, -0.25) is 0 Å². The van der Waals surface area contributed by atoms with Crippen molar-refractivity contribution < 1.29 is 9.84 Å². The summed E-state index contributed by atoms with van der Waals surface area (Å²) in [5.41, 5.74) is 5.68. The summed E-state index contributed by atoms with van der Waals surface area (Å²) in [5, 5.41) is 10.3. The van der Waals surface area contributed by atoms with E-state index in [9.17, 15) is 5.11 Å². The van der Waals surface area contributed by atoms with Gasteiger partial charge in [0.1, 0.15) is 0 Å². The lowest BCUT2D eigenvalue weighted by atomic mass is 9.94. The van der Waals surface area contributed by atoms with Gasteiger partial charge in [0.05, 0.1) is 7.11 Å². The monoisotopic (exact) mass is 215 g/mol. The highest BCUT2D eigenvalue weighted by Gasteiger charge is 2.24. The number of phenolic OH excluding ortho intramolecular Hbond substituents is 1. The van der Waals surface area contributed by atoms with Crippen LogP contribution in [-0.4, -0.2) is 12.2 Å². The molecule has 0 amide bonds. The minimum Gasteiger partial charge on any atom is -0.504 e.